The number of aliphatic hydroxyl groups is 1. The van der Waals surface area contributed by atoms with Gasteiger partial charge in [0.2, 0.25) is 11.9 Å². The Morgan fingerprint density at radius 2 is 1.55 bits per heavy atom. The first kappa shape index (κ1) is 32.5. The van der Waals surface area contributed by atoms with E-state index in [0.717, 1.165) is 60.9 Å². The number of aromatic nitrogens is 2. The lowest BCUT2D eigenvalue weighted by Crippen LogP contribution is -2.51. The molecular weight excluding hydrogens is 594 g/mol. The number of hydrogen-bond donors (Lipinski definition) is 2. The number of Topliss-reactive ketones (excluding diaryl/α,β-unsaturated/α-hetero) is 1. The molecule has 244 valence electrons. The van der Waals surface area contributed by atoms with Crippen molar-refractivity contribution in [2.75, 3.05) is 42.9 Å². The lowest BCUT2D eigenvalue weighted by Gasteiger charge is -2.44. The van der Waals surface area contributed by atoms with E-state index in [1.807, 2.05) is 54.6 Å². The number of anilines is 2. The van der Waals surface area contributed by atoms with Crippen LogP contribution in [-0.2, 0) is 27.3 Å². The summed E-state index contributed by atoms with van der Waals surface area (Å²) in [6.45, 7) is 7.87. The van der Waals surface area contributed by atoms with Crippen LogP contribution >= 0.6 is 0 Å². The summed E-state index contributed by atoms with van der Waals surface area (Å²) in [6.07, 6.45) is 2.86. The van der Waals surface area contributed by atoms with E-state index < -0.39 is 6.29 Å². The first-order valence-electron chi connectivity index (χ1n) is 16.1. The molecule has 2 saturated heterocycles. The fourth-order valence-corrected chi connectivity index (χ4v) is 6.17. The Morgan fingerprint density at radius 1 is 0.872 bits per heavy atom. The van der Waals surface area contributed by atoms with E-state index in [1.54, 1.807) is 36.7 Å². The van der Waals surface area contributed by atoms with Gasteiger partial charge in [0, 0.05) is 67.8 Å². The highest BCUT2D eigenvalue weighted by molar-refractivity contribution is 5.97. The number of nitrogens with zero attached hydrogens (tertiary/aromatic N) is 4. The fraction of sp³-hybridized carbons (Fsp3) is 0.351. The van der Waals surface area contributed by atoms with E-state index in [1.165, 1.54) is 6.92 Å². The first-order chi connectivity index (χ1) is 22.9. The highest BCUT2D eigenvalue weighted by atomic mass is 16.7. The van der Waals surface area contributed by atoms with Gasteiger partial charge in [0.15, 0.2) is 12.1 Å². The molecule has 2 fully saturated rings. The number of piperazine rings is 1. The fourth-order valence-electron chi connectivity index (χ4n) is 6.17. The van der Waals surface area contributed by atoms with Crippen molar-refractivity contribution in [1.82, 2.24) is 14.9 Å². The molecule has 6 rings (SSSR count). The van der Waals surface area contributed by atoms with Crippen LogP contribution in [-0.4, -0.2) is 70.5 Å². The first-order valence-corrected chi connectivity index (χ1v) is 16.1. The summed E-state index contributed by atoms with van der Waals surface area (Å²) in [5, 5.41) is 12.5. The number of benzene rings is 3. The van der Waals surface area contributed by atoms with Gasteiger partial charge in [-0.1, -0.05) is 67.6 Å². The number of aliphatic hydroxyl groups excluding tert-OH is 1. The summed E-state index contributed by atoms with van der Waals surface area (Å²) in [4.78, 5) is 38.0. The van der Waals surface area contributed by atoms with Gasteiger partial charge in [-0.25, -0.2) is 9.97 Å². The van der Waals surface area contributed by atoms with Gasteiger partial charge in [0.05, 0.1) is 25.2 Å². The predicted molar refractivity (Wildman–Crippen MR) is 179 cm³/mol. The van der Waals surface area contributed by atoms with E-state index in [0.29, 0.717) is 11.3 Å². The molecule has 1 unspecified atom stereocenters. The number of hydrogen-bond acceptors (Lipinski definition) is 9. The molecule has 0 radical (unpaired) electrons. The maximum Gasteiger partial charge on any atom is 0.228 e. The second-order valence-electron chi connectivity index (χ2n) is 12.3. The number of carbonyl (C=O) groups excluding carboxylic acids is 2. The molecule has 0 aliphatic carbocycles. The number of carbonyl (C=O) groups is 2. The van der Waals surface area contributed by atoms with Gasteiger partial charge in [0.1, 0.15) is 0 Å². The smallest absolute Gasteiger partial charge is 0.228 e. The number of rotatable bonds is 10. The molecule has 0 spiro atoms. The molecule has 3 heterocycles. The molecule has 2 aliphatic rings. The van der Waals surface area contributed by atoms with Crippen LogP contribution in [0.3, 0.4) is 0 Å². The topological polar surface area (TPSA) is 117 Å². The lowest BCUT2D eigenvalue weighted by atomic mass is 9.90. The Morgan fingerprint density at radius 3 is 2.23 bits per heavy atom. The SMILES string of the molecule is CC(=O)c1cccc(NC(=O)Cc2ccc(C3O[C@H](CN4CCN(c5ncccn5)CC4)[C@H](C)[C@H](c4ccc(CO)cc4)O3)cc2)c1. The minimum absolute atomic E-state index is 0.00904. The van der Waals surface area contributed by atoms with Crippen LogP contribution in [0.2, 0.25) is 0 Å². The molecule has 2 aliphatic heterocycles. The van der Waals surface area contributed by atoms with E-state index in [2.05, 4.69) is 32.0 Å². The Bertz CT molecular complexity index is 1640. The van der Waals surface area contributed by atoms with Gasteiger partial charge in [-0.3, -0.25) is 14.5 Å². The van der Waals surface area contributed by atoms with Crippen molar-refractivity contribution in [1.29, 1.82) is 0 Å². The highest BCUT2D eigenvalue weighted by Crippen LogP contribution is 2.42. The van der Waals surface area contributed by atoms with Crippen LogP contribution in [0, 0.1) is 5.92 Å². The Labute approximate surface area is 275 Å². The van der Waals surface area contributed by atoms with Crippen LogP contribution in [0.1, 0.15) is 58.9 Å². The summed E-state index contributed by atoms with van der Waals surface area (Å²) in [6, 6.07) is 24.5. The van der Waals surface area contributed by atoms with Gasteiger partial charge in [-0.2, -0.15) is 0 Å². The zero-order valence-corrected chi connectivity index (χ0v) is 26.8. The molecule has 0 saturated carbocycles. The van der Waals surface area contributed by atoms with Gasteiger partial charge in [0.25, 0.3) is 0 Å². The zero-order valence-electron chi connectivity index (χ0n) is 26.8. The quantitative estimate of drug-likeness (QED) is 0.233. The number of ketones is 1. The zero-order chi connectivity index (χ0) is 32.8. The molecule has 0 bridgehead atoms. The van der Waals surface area contributed by atoms with E-state index >= 15 is 0 Å². The van der Waals surface area contributed by atoms with Gasteiger partial charge < -0.3 is 24.8 Å². The molecule has 1 amide bonds. The Balaban J connectivity index is 1.14. The van der Waals surface area contributed by atoms with E-state index in [9.17, 15) is 14.7 Å². The largest absolute Gasteiger partial charge is 0.392 e. The minimum Gasteiger partial charge on any atom is -0.392 e. The maximum atomic E-state index is 12.8. The summed E-state index contributed by atoms with van der Waals surface area (Å²) < 4.78 is 13.3. The second kappa shape index (κ2) is 15.0. The number of nitrogens with one attached hydrogen (secondary N) is 1. The van der Waals surface area contributed by atoms with Crippen molar-refractivity contribution in [2.45, 2.75) is 45.4 Å². The molecule has 1 aromatic heterocycles. The van der Waals surface area contributed by atoms with Gasteiger partial charge in [-0.05, 0) is 41.8 Å². The highest BCUT2D eigenvalue weighted by Gasteiger charge is 2.39. The van der Waals surface area contributed by atoms with Crippen molar-refractivity contribution >= 4 is 23.3 Å². The van der Waals surface area contributed by atoms with Crippen LogP contribution in [0.25, 0.3) is 0 Å². The van der Waals surface area contributed by atoms with Crippen molar-refractivity contribution in [3.63, 3.8) is 0 Å². The van der Waals surface area contributed by atoms with E-state index in [-0.39, 0.29) is 42.8 Å². The molecule has 10 nitrogen and oxygen atoms in total. The van der Waals surface area contributed by atoms with Crippen molar-refractivity contribution in [2.24, 2.45) is 5.92 Å². The Kier molecular flexibility index (Phi) is 10.3. The number of amides is 1. The standard InChI is InChI=1S/C37H41N5O5/c1-25-33(23-41-17-19-42(20-18-41)37-38-15-4-16-39-37)46-36(47-35(25)29-11-9-28(24-43)10-12-29)30-13-7-27(8-14-30)21-34(45)40-32-6-3-5-31(22-32)26(2)44/h3-16,22,25,33,35-36,43H,17-21,23-24H2,1-2H3,(H,40,45)/t25-,33+,35+,36?/m0/s1. The molecule has 4 atom stereocenters. The molecular formula is C37H41N5O5. The molecule has 47 heavy (non-hydrogen) atoms. The lowest BCUT2D eigenvalue weighted by molar-refractivity contribution is -0.276. The summed E-state index contributed by atoms with van der Waals surface area (Å²) in [5.41, 5.74) is 4.78. The van der Waals surface area contributed by atoms with Crippen LogP contribution in [0.15, 0.2) is 91.3 Å². The molecule has 2 N–H and O–H groups in total. The van der Waals surface area contributed by atoms with Crippen LogP contribution in [0.4, 0.5) is 11.6 Å². The predicted octanol–water partition coefficient (Wildman–Crippen LogP) is 4.97. The average molecular weight is 636 g/mol. The van der Waals surface area contributed by atoms with Crippen LogP contribution in [0.5, 0.6) is 0 Å². The number of ether oxygens (including phenoxy) is 2. The third-order valence-corrected chi connectivity index (χ3v) is 8.94. The summed E-state index contributed by atoms with van der Waals surface area (Å²) in [5.74, 6) is 0.622. The monoisotopic (exact) mass is 635 g/mol. The molecule has 3 aromatic carbocycles. The minimum atomic E-state index is -0.588. The Hall–Kier alpha value is -4.48. The maximum absolute atomic E-state index is 12.8. The summed E-state index contributed by atoms with van der Waals surface area (Å²) in [7, 11) is 0. The normalized spacial score (nSPS) is 21.7. The van der Waals surface area contributed by atoms with Gasteiger partial charge >= 0.3 is 0 Å². The third kappa shape index (κ3) is 8.09. The van der Waals surface area contributed by atoms with E-state index in [4.69, 9.17) is 9.47 Å². The third-order valence-electron chi connectivity index (χ3n) is 8.94. The van der Waals surface area contributed by atoms with Crippen molar-refractivity contribution < 1.29 is 24.2 Å². The summed E-state index contributed by atoms with van der Waals surface area (Å²) >= 11 is 0. The van der Waals surface area contributed by atoms with Crippen molar-refractivity contribution in [3.05, 3.63) is 119 Å². The average Bonchev–Trinajstić information content (AvgIpc) is 3.10. The molecule has 4 aromatic rings. The van der Waals surface area contributed by atoms with Crippen LogP contribution < -0.4 is 10.2 Å². The van der Waals surface area contributed by atoms with Crippen molar-refractivity contribution in [3.8, 4) is 0 Å². The second-order valence-corrected chi connectivity index (χ2v) is 12.3. The van der Waals surface area contributed by atoms with Gasteiger partial charge in [-0.15, -0.1) is 0 Å². The molecule has 10 heteroatoms.